The minimum absolute atomic E-state index is 0.0332. The van der Waals surface area contributed by atoms with Crippen LogP contribution in [-0.2, 0) is 16.8 Å². The summed E-state index contributed by atoms with van der Waals surface area (Å²) in [7, 11) is 0. The van der Waals surface area contributed by atoms with Crippen LogP contribution in [0.2, 0.25) is 0 Å². The Morgan fingerprint density at radius 3 is 2.64 bits per heavy atom. The van der Waals surface area contributed by atoms with Crippen molar-refractivity contribution in [2.75, 3.05) is 18.7 Å². The molecule has 1 amide bonds. The molecule has 39 heavy (non-hydrogen) atoms. The maximum atomic E-state index is 13.6. The molecule has 1 saturated carbocycles. The van der Waals surface area contributed by atoms with E-state index in [1.54, 1.807) is 6.34 Å². The highest BCUT2D eigenvalue weighted by Gasteiger charge is 2.51. The number of ether oxygens (including phenoxy) is 2. The van der Waals surface area contributed by atoms with Gasteiger partial charge in [-0.1, -0.05) is 40.2 Å². The molecule has 9 heteroatoms. The van der Waals surface area contributed by atoms with Crippen molar-refractivity contribution in [1.29, 1.82) is 0 Å². The van der Waals surface area contributed by atoms with Gasteiger partial charge in [-0.15, -0.1) is 5.53 Å². The number of nitrogens with zero attached hydrogens (tertiary/aromatic N) is 3. The second kappa shape index (κ2) is 9.79. The van der Waals surface area contributed by atoms with Gasteiger partial charge < -0.3 is 19.4 Å². The summed E-state index contributed by atoms with van der Waals surface area (Å²) in [5.41, 5.74) is 9.74. The van der Waals surface area contributed by atoms with Gasteiger partial charge in [-0.3, -0.25) is 9.80 Å². The number of hydrazone groups is 1. The van der Waals surface area contributed by atoms with Crippen molar-refractivity contribution in [3.63, 3.8) is 0 Å². The molecule has 2 aliphatic heterocycles. The van der Waals surface area contributed by atoms with Crippen LogP contribution >= 0.6 is 0 Å². The molecule has 0 saturated heterocycles. The summed E-state index contributed by atoms with van der Waals surface area (Å²) < 4.78 is 13.5. The molecule has 206 valence electrons. The van der Waals surface area contributed by atoms with E-state index in [0.717, 1.165) is 61.2 Å². The summed E-state index contributed by atoms with van der Waals surface area (Å²) in [6.45, 7) is 11.0. The third-order valence-corrected chi connectivity index (χ3v) is 8.30. The summed E-state index contributed by atoms with van der Waals surface area (Å²) in [5.74, 6) is 1.90. The highest BCUT2D eigenvalue weighted by Crippen LogP contribution is 2.51. The first kappa shape index (κ1) is 25.6. The normalized spacial score (nSPS) is 17.9. The predicted octanol–water partition coefficient (Wildman–Crippen LogP) is 5.24. The van der Waals surface area contributed by atoms with Crippen molar-refractivity contribution >= 4 is 28.8 Å². The van der Waals surface area contributed by atoms with Gasteiger partial charge in [0, 0.05) is 34.7 Å². The highest BCUT2D eigenvalue weighted by molar-refractivity contribution is 6.02. The molecule has 1 aromatic heterocycles. The van der Waals surface area contributed by atoms with Gasteiger partial charge in [0.25, 0.3) is 0 Å². The number of aromatic nitrogens is 1. The first-order valence-corrected chi connectivity index (χ1v) is 13.9. The quantitative estimate of drug-likeness (QED) is 0.351. The third-order valence-electron chi connectivity index (χ3n) is 8.30. The fourth-order valence-corrected chi connectivity index (χ4v) is 5.98. The van der Waals surface area contributed by atoms with E-state index in [0.29, 0.717) is 11.7 Å². The second-order valence-corrected chi connectivity index (χ2v) is 12.0. The Morgan fingerprint density at radius 2 is 1.92 bits per heavy atom. The van der Waals surface area contributed by atoms with Gasteiger partial charge in [0.15, 0.2) is 11.5 Å². The molecule has 3 heterocycles. The van der Waals surface area contributed by atoms with Crippen LogP contribution in [0.4, 0.5) is 5.69 Å². The van der Waals surface area contributed by atoms with Crippen molar-refractivity contribution < 1.29 is 14.3 Å². The second-order valence-electron chi connectivity index (χ2n) is 12.0. The van der Waals surface area contributed by atoms with Gasteiger partial charge in [0.2, 0.25) is 12.7 Å². The summed E-state index contributed by atoms with van der Waals surface area (Å²) in [6.07, 6.45) is 5.66. The van der Waals surface area contributed by atoms with Crippen LogP contribution in [0.25, 0.3) is 10.9 Å². The zero-order chi connectivity index (χ0) is 27.2. The van der Waals surface area contributed by atoms with Gasteiger partial charge >= 0.3 is 0 Å². The Bertz CT molecular complexity index is 1420. The Balaban J connectivity index is 1.29. The molecule has 0 bridgehead atoms. The number of fused-ring (bicyclic) bond motifs is 2. The van der Waals surface area contributed by atoms with E-state index in [1.807, 2.05) is 29.3 Å². The van der Waals surface area contributed by atoms with Gasteiger partial charge in [-0.25, -0.2) is 5.53 Å². The number of hydrogen-bond acceptors (Lipinski definition) is 7. The van der Waals surface area contributed by atoms with Crippen molar-refractivity contribution in [2.45, 2.75) is 71.3 Å². The van der Waals surface area contributed by atoms with Crippen LogP contribution < -0.4 is 25.9 Å². The number of carbonyl (C=O) groups excluding carboxylic acids is 1. The van der Waals surface area contributed by atoms with Crippen LogP contribution in [0, 0.1) is 5.41 Å². The Labute approximate surface area is 229 Å². The van der Waals surface area contributed by atoms with E-state index in [9.17, 15) is 4.79 Å². The average Bonchev–Trinajstić information content (AvgIpc) is 3.21. The highest BCUT2D eigenvalue weighted by atomic mass is 16.7. The molecule has 1 unspecified atom stereocenters. The Hall–Kier alpha value is -3.72. The summed E-state index contributed by atoms with van der Waals surface area (Å²) in [5, 5.41) is 10.3. The van der Waals surface area contributed by atoms with Gasteiger partial charge in [-0.05, 0) is 66.6 Å². The molecular weight excluding hydrogens is 492 g/mol. The fourth-order valence-electron chi connectivity index (χ4n) is 5.98. The zero-order valence-corrected chi connectivity index (χ0v) is 23.2. The number of carbonyl (C=O) groups is 1. The molecule has 1 atom stereocenters. The van der Waals surface area contributed by atoms with Crippen LogP contribution in [-0.4, -0.2) is 35.2 Å². The minimum Gasteiger partial charge on any atom is -0.454 e. The monoisotopic (exact) mass is 530 g/mol. The van der Waals surface area contributed by atoms with Crippen molar-refractivity contribution in [3.8, 4) is 11.5 Å². The molecule has 2 aromatic carbocycles. The molecule has 6 rings (SSSR count). The lowest BCUT2D eigenvalue weighted by molar-refractivity contribution is -0.118. The van der Waals surface area contributed by atoms with Crippen molar-refractivity contribution in [2.24, 2.45) is 10.5 Å². The van der Waals surface area contributed by atoms with E-state index >= 15 is 0 Å². The zero-order valence-electron chi connectivity index (χ0n) is 23.2. The summed E-state index contributed by atoms with van der Waals surface area (Å²) in [6, 6.07) is 14.5. The van der Waals surface area contributed by atoms with Crippen LogP contribution in [0.3, 0.4) is 0 Å². The maximum Gasteiger partial charge on any atom is 0.235 e. The van der Waals surface area contributed by atoms with Crippen LogP contribution in [0.5, 0.6) is 11.5 Å². The topological polar surface area (TPSA) is 92.2 Å². The Kier molecular flexibility index (Phi) is 6.41. The third kappa shape index (κ3) is 4.80. The lowest BCUT2D eigenvalue weighted by Gasteiger charge is -2.32. The largest absolute Gasteiger partial charge is 0.454 e. The SMILES string of the molecule is CCCC(c1cc2cc(NC(=O)C3(c4ccc5c(c4)OCO5)CC3)ccc2n1CCN1C=NNN1)C(C)(C)C. The summed E-state index contributed by atoms with van der Waals surface area (Å²) in [4.78, 5) is 13.6. The standard InChI is InChI=1S/C30H38N6O3/c1-5-6-23(29(2,3)4)25-16-20-15-22(8-9-24(20)36(25)14-13-35-18-31-33-34-35)32-28(37)30(11-12-30)21-7-10-26-27(17-21)39-19-38-26/h7-10,15-18,23,33-34H,5-6,11-14,19H2,1-4H3,(H,32,37). The molecule has 1 fully saturated rings. The average molecular weight is 531 g/mol. The maximum absolute atomic E-state index is 13.6. The van der Waals surface area contributed by atoms with Gasteiger partial charge in [0.1, 0.15) is 6.34 Å². The molecule has 1 aliphatic carbocycles. The number of hydrogen-bond donors (Lipinski definition) is 3. The van der Waals surface area contributed by atoms with Gasteiger partial charge in [0.05, 0.1) is 12.0 Å². The first-order valence-electron chi connectivity index (χ1n) is 13.9. The van der Waals surface area contributed by atoms with Gasteiger partial charge in [-0.2, -0.15) is 5.10 Å². The fraction of sp³-hybridized carbons (Fsp3) is 0.467. The number of amides is 1. The minimum atomic E-state index is -0.510. The first-order chi connectivity index (χ1) is 18.8. The number of anilines is 1. The van der Waals surface area contributed by atoms with Crippen molar-refractivity contribution in [1.82, 2.24) is 20.6 Å². The smallest absolute Gasteiger partial charge is 0.235 e. The number of benzene rings is 2. The van der Waals surface area contributed by atoms with E-state index in [1.165, 1.54) is 11.2 Å². The predicted molar refractivity (Wildman–Crippen MR) is 153 cm³/mol. The van der Waals surface area contributed by atoms with E-state index in [-0.39, 0.29) is 18.1 Å². The lowest BCUT2D eigenvalue weighted by atomic mass is 9.76. The molecule has 9 nitrogen and oxygen atoms in total. The van der Waals surface area contributed by atoms with E-state index in [4.69, 9.17) is 9.47 Å². The lowest BCUT2D eigenvalue weighted by Crippen LogP contribution is -2.39. The Morgan fingerprint density at radius 1 is 1.10 bits per heavy atom. The number of hydrazine groups is 2. The van der Waals surface area contributed by atoms with Crippen molar-refractivity contribution in [3.05, 3.63) is 53.7 Å². The molecule has 3 aliphatic rings. The summed E-state index contributed by atoms with van der Waals surface area (Å²) >= 11 is 0. The molecule has 3 N–H and O–H groups in total. The molecule has 0 radical (unpaired) electrons. The molecule has 0 spiro atoms. The van der Waals surface area contributed by atoms with E-state index < -0.39 is 5.41 Å². The van der Waals surface area contributed by atoms with Crippen LogP contribution in [0.15, 0.2) is 47.6 Å². The molecule has 3 aromatic rings. The number of rotatable bonds is 9. The molecular formula is C30H38N6O3. The number of nitrogens with one attached hydrogen (secondary N) is 3. The van der Waals surface area contributed by atoms with E-state index in [2.05, 4.69) is 71.9 Å². The van der Waals surface area contributed by atoms with Crippen LogP contribution in [0.1, 0.15) is 70.6 Å².